The molecule has 1 unspecified atom stereocenters. The number of hydrogen-bond acceptors (Lipinski definition) is 3. The molecule has 0 aliphatic carbocycles. The molecule has 100 valence electrons. The fraction of sp³-hybridized carbons (Fsp3) is 0.167. The summed E-state index contributed by atoms with van der Waals surface area (Å²) in [5, 5.41) is 3.22. The number of amides is 1. The summed E-state index contributed by atoms with van der Waals surface area (Å²) in [5.74, 6) is -0.261. The first-order valence-corrected chi connectivity index (χ1v) is 7.30. The minimum atomic E-state index is -0.261. The zero-order valence-electron chi connectivity index (χ0n) is 9.78. The number of halogens is 3. The van der Waals surface area contributed by atoms with Crippen LogP contribution < -0.4 is 5.32 Å². The maximum atomic E-state index is 12.1. The topological polar surface area (TPSA) is 42.0 Å². The van der Waals surface area contributed by atoms with Crippen LogP contribution in [0.1, 0.15) is 28.2 Å². The molecule has 2 aromatic rings. The van der Waals surface area contributed by atoms with Crippen molar-refractivity contribution >= 4 is 52.0 Å². The predicted octanol–water partition coefficient (Wildman–Crippen LogP) is 4.59. The largest absolute Gasteiger partial charge is 0.345 e. The molecule has 0 spiro atoms. The van der Waals surface area contributed by atoms with Crippen LogP contribution >= 0.6 is 46.1 Å². The van der Waals surface area contributed by atoms with E-state index in [1.54, 1.807) is 6.07 Å². The summed E-state index contributed by atoms with van der Waals surface area (Å²) in [6.45, 7) is 1.88. The summed E-state index contributed by atoms with van der Waals surface area (Å²) < 4.78 is 0.686. The third kappa shape index (κ3) is 3.83. The Balaban J connectivity index is 2.12. The third-order valence-corrected chi connectivity index (χ3v) is 4.19. The Morgan fingerprint density at radius 2 is 1.89 bits per heavy atom. The first-order chi connectivity index (χ1) is 8.95. The van der Waals surface area contributed by atoms with Crippen molar-refractivity contribution in [3.63, 3.8) is 0 Å². The van der Waals surface area contributed by atoms with Crippen LogP contribution in [0.4, 0.5) is 0 Å². The van der Waals surface area contributed by atoms with Crippen LogP contribution in [-0.4, -0.2) is 10.9 Å². The van der Waals surface area contributed by atoms with Gasteiger partial charge in [0, 0.05) is 10.4 Å². The molecule has 0 aliphatic rings. The van der Waals surface area contributed by atoms with E-state index in [0.29, 0.717) is 9.90 Å². The highest BCUT2D eigenvalue weighted by Gasteiger charge is 2.14. The van der Waals surface area contributed by atoms with Gasteiger partial charge < -0.3 is 5.32 Å². The number of thiophene rings is 1. The molecular formula is C12H9Cl3N2OS. The molecule has 0 bridgehead atoms. The Hall–Kier alpha value is -0.810. The van der Waals surface area contributed by atoms with Gasteiger partial charge in [0.15, 0.2) is 0 Å². The minimum Gasteiger partial charge on any atom is -0.345 e. The van der Waals surface area contributed by atoms with E-state index in [1.165, 1.54) is 23.5 Å². The van der Waals surface area contributed by atoms with E-state index < -0.39 is 0 Å². The molecule has 0 aromatic carbocycles. The second kappa shape index (κ2) is 6.09. The number of nitrogens with zero attached hydrogens (tertiary/aromatic N) is 1. The van der Waals surface area contributed by atoms with Crippen LogP contribution in [0.15, 0.2) is 24.3 Å². The van der Waals surface area contributed by atoms with Crippen LogP contribution in [0, 0.1) is 0 Å². The molecule has 0 saturated carbocycles. The van der Waals surface area contributed by atoms with Gasteiger partial charge in [0.05, 0.1) is 10.4 Å². The van der Waals surface area contributed by atoms with Gasteiger partial charge in [0.1, 0.15) is 10.3 Å². The summed E-state index contributed by atoms with van der Waals surface area (Å²) in [6.07, 6.45) is 0. The average Bonchev–Trinajstić information content (AvgIpc) is 2.74. The lowest BCUT2D eigenvalue weighted by Crippen LogP contribution is -2.26. The number of carbonyl (C=O) groups is 1. The van der Waals surface area contributed by atoms with Gasteiger partial charge in [0.25, 0.3) is 5.91 Å². The maximum absolute atomic E-state index is 12.1. The monoisotopic (exact) mass is 334 g/mol. The molecule has 0 radical (unpaired) electrons. The lowest BCUT2D eigenvalue weighted by atomic mass is 10.2. The zero-order valence-corrected chi connectivity index (χ0v) is 12.9. The number of pyridine rings is 1. The Bertz CT molecular complexity index is 595. The molecule has 0 saturated heterocycles. The summed E-state index contributed by atoms with van der Waals surface area (Å²) in [7, 11) is 0. The zero-order chi connectivity index (χ0) is 14.0. The molecule has 1 amide bonds. The molecule has 2 rings (SSSR count). The standard InChI is InChI=1S/C12H9Cl3N2OS/c1-6(8-2-3-11(15)19-8)16-12(18)7-4-9(13)17-10(14)5-7/h2-6H,1H3,(H,16,18). The summed E-state index contributed by atoms with van der Waals surface area (Å²) >= 11 is 18.8. The maximum Gasteiger partial charge on any atom is 0.251 e. The van der Waals surface area contributed by atoms with Gasteiger partial charge in [-0.1, -0.05) is 34.8 Å². The van der Waals surface area contributed by atoms with E-state index >= 15 is 0 Å². The highest BCUT2D eigenvalue weighted by atomic mass is 35.5. The van der Waals surface area contributed by atoms with Gasteiger partial charge in [-0.15, -0.1) is 11.3 Å². The molecule has 0 aliphatic heterocycles. The Labute approximate surface area is 129 Å². The fourth-order valence-electron chi connectivity index (χ4n) is 1.51. The lowest BCUT2D eigenvalue weighted by molar-refractivity contribution is 0.0940. The van der Waals surface area contributed by atoms with Crippen molar-refractivity contribution in [2.75, 3.05) is 0 Å². The van der Waals surface area contributed by atoms with Crippen molar-refractivity contribution in [1.29, 1.82) is 0 Å². The van der Waals surface area contributed by atoms with Crippen molar-refractivity contribution in [3.8, 4) is 0 Å². The van der Waals surface area contributed by atoms with Crippen LogP contribution in [0.2, 0.25) is 14.6 Å². The number of carbonyl (C=O) groups excluding carboxylic acids is 1. The fourth-order valence-corrected chi connectivity index (χ4v) is 3.03. The van der Waals surface area contributed by atoms with E-state index in [2.05, 4.69) is 10.3 Å². The van der Waals surface area contributed by atoms with Crippen LogP contribution in [0.5, 0.6) is 0 Å². The van der Waals surface area contributed by atoms with Crippen molar-refractivity contribution in [2.45, 2.75) is 13.0 Å². The number of nitrogens with one attached hydrogen (secondary N) is 1. The van der Waals surface area contributed by atoms with Crippen molar-refractivity contribution in [3.05, 3.63) is 49.3 Å². The van der Waals surface area contributed by atoms with Gasteiger partial charge in [-0.05, 0) is 31.2 Å². The first kappa shape index (κ1) is 14.6. The van der Waals surface area contributed by atoms with Crippen LogP contribution in [0.3, 0.4) is 0 Å². The van der Waals surface area contributed by atoms with E-state index in [4.69, 9.17) is 34.8 Å². The number of hydrogen-bond donors (Lipinski definition) is 1. The molecule has 2 heterocycles. The number of rotatable bonds is 3. The molecule has 7 heteroatoms. The lowest BCUT2D eigenvalue weighted by Gasteiger charge is -2.12. The van der Waals surface area contributed by atoms with Crippen molar-refractivity contribution in [1.82, 2.24) is 10.3 Å². The second-order valence-corrected chi connectivity index (χ2v) is 6.36. The molecule has 1 atom stereocenters. The van der Waals surface area contributed by atoms with Crippen molar-refractivity contribution < 1.29 is 4.79 Å². The molecular weight excluding hydrogens is 327 g/mol. The predicted molar refractivity (Wildman–Crippen MR) is 79.5 cm³/mol. The Morgan fingerprint density at radius 3 is 2.42 bits per heavy atom. The highest BCUT2D eigenvalue weighted by Crippen LogP contribution is 2.27. The van der Waals surface area contributed by atoms with Gasteiger partial charge >= 0.3 is 0 Å². The molecule has 1 N–H and O–H groups in total. The second-order valence-electron chi connectivity index (χ2n) is 3.84. The van der Waals surface area contributed by atoms with E-state index in [-0.39, 0.29) is 22.3 Å². The summed E-state index contributed by atoms with van der Waals surface area (Å²) in [6, 6.07) is 6.47. The summed E-state index contributed by atoms with van der Waals surface area (Å²) in [4.78, 5) is 16.8. The van der Waals surface area contributed by atoms with Crippen molar-refractivity contribution in [2.24, 2.45) is 0 Å². The summed E-state index contributed by atoms with van der Waals surface area (Å²) in [5.41, 5.74) is 0.375. The van der Waals surface area contributed by atoms with Gasteiger partial charge in [-0.2, -0.15) is 0 Å². The number of aromatic nitrogens is 1. The molecule has 0 fully saturated rings. The normalized spacial score (nSPS) is 12.2. The first-order valence-electron chi connectivity index (χ1n) is 5.35. The SMILES string of the molecule is CC(NC(=O)c1cc(Cl)nc(Cl)c1)c1ccc(Cl)s1. The van der Waals surface area contributed by atoms with Gasteiger partial charge in [0.2, 0.25) is 0 Å². The van der Waals surface area contributed by atoms with Gasteiger partial charge in [-0.25, -0.2) is 4.98 Å². The molecule has 19 heavy (non-hydrogen) atoms. The Kier molecular flexibility index (Phi) is 4.68. The Morgan fingerprint density at radius 1 is 1.26 bits per heavy atom. The minimum absolute atomic E-state index is 0.143. The van der Waals surface area contributed by atoms with Gasteiger partial charge in [-0.3, -0.25) is 4.79 Å². The molecule has 2 aromatic heterocycles. The van der Waals surface area contributed by atoms with E-state index in [9.17, 15) is 4.79 Å². The molecule has 3 nitrogen and oxygen atoms in total. The van der Waals surface area contributed by atoms with E-state index in [0.717, 1.165) is 4.88 Å². The van der Waals surface area contributed by atoms with Crippen LogP contribution in [0.25, 0.3) is 0 Å². The van der Waals surface area contributed by atoms with Crippen LogP contribution in [-0.2, 0) is 0 Å². The third-order valence-electron chi connectivity index (χ3n) is 2.39. The quantitative estimate of drug-likeness (QED) is 0.833. The highest BCUT2D eigenvalue weighted by molar-refractivity contribution is 7.16. The van der Waals surface area contributed by atoms with E-state index in [1.807, 2.05) is 13.0 Å². The average molecular weight is 336 g/mol. The smallest absolute Gasteiger partial charge is 0.251 e.